The van der Waals surface area contributed by atoms with Crippen molar-refractivity contribution in [1.82, 2.24) is 0 Å². The van der Waals surface area contributed by atoms with Gasteiger partial charge in [-0.1, -0.05) is 18.5 Å². The molecule has 2 unspecified atom stereocenters. The first-order chi connectivity index (χ1) is 8.99. The zero-order chi connectivity index (χ0) is 14.0. The van der Waals surface area contributed by atoms with Crippen LogP contribution in [-0.4, -0.2) is 29.4 Å². The third-order valence-electron chi connectivity index (χ3n) is 3.00. The molecule has 0 bridgehead atoms. The Hall–Kier alpha value is -1.46. The number of carbonyl (C=O) groups is 1. The summed E-state index contributed by atoms with van der Waals surface area (Å²) in [7, 11) is 0. The number of rotatable bonds is 4. The molecule has 1 aliphatic rings. The lowest BCUT2D eigenvalue weighted by Crippen LogP contribution is -2.17. The molecule has 0 amide bonds. The Balaban J connectivity index is 2.20. The normalized spacial score (nSPS) is 16.8. The summed E-state index contributed by atoms with van der Waals surface area (Å²) in [6.07, 6.45) is -0.787. The molecule has 0 aromatic heterocycles. The van der Waals surface area contributed by atoms with Crippen LogP contribution >= 0.6 is 11.6 Å². The van der Waals surface area contributed by atoms with E-state index in [0.717, 1.165) is 0 Å². The van der Waals surface area contributed by atoms with Gasteiger partial charge < -0.3 is 19.7 Å². The highest BCUT2D eigenvalue weighted by Crippen LogP contribution is 2.40. The van der Waals surface area contributed by atoms with Crippen LogP contribution in [-0.2, 0) is 4.79 Å². The maximum atomic E-state index is 10.8. The topological polar surface area (TPSA) is 76.0 Å². The first kappa shape index (κ1) is 14.0. The van der Waals surface area contributed by atoms with Gasteiger partial charge >= 0.3 is 5.97 Å². The highest BCUT2D eigenvalue weighted by molar-refractivity contribution is 6.32. The number of hydrogen-bond acceptors (Lipinski definition) is 4. The van der Waals surface area contributed by atoms with Crippen LogP contribution in [0.1, 0.15) is 25.0 Å². The van der Waals surface area contributed by atoms with Gasteiger partial charge in [-0.25, -0.2) is 0 Å². The van der Waals surface area contributed by atoms with E-state index in [1.165, 1.54) is 0 Å². The third kappa shape index (κ3) is 3.11. The summed E-state index contributed by atoms with van der Waals surface area (Å²) in [5, 5.41) is 19.2. The molecule has 0 saturated carbocycles. The standard InChI is InChI=1S/C13H15ClO5/c1-7(13(16)17)4-10(15)8-5-9(14)12-11(6-8)18-2-3-19-12/h5-7,10,15H,2-4H2,1H3,(H,16,17). The van der Waals surface area contributed by atoms with Crippen LogP contribution in [0.4, 0.5) is 0 Å². The van der Waals surface area contributed by atoms with E-state index in [1.54, 1.807) is 19.1 Å². The van der Waals surface area contributed by atoms with Gasteiger partial charge in [0.1, 0.15) is 13.2 Å². The van der Waals surface area contributed by atoms with Crippen molar-refractivity contribution in [1.29, 1.82) is 0 Å². The Bertz CT molecular complexity index is 488. The molecule has 104 valence electrons. The number of aliphatic carboxylic acids is 1. The molecule has 6 heteroatoms. The van der Waals surface area contributed by atoms with E-state index in [2.05, 4.69) is 0 Å². The summed E-state index contributed by atoms with van der Waals surface area (Å²) in [4.78, 5) is 10.8. The van der Waals surface area contributed by atoms with Gasteiger partial charge in [-0.15, -0.1) is 0 Å². The van der Waals surface area contributed by atoms with Gasteiger partial charge in [0, 0.05) is 0 Å². The minimum atomic E-state index is -0.942. The van der Waals surface area contributed by atoms with Crippen LogP contribution in [0.2, 0.25) is 5.02 Å². The number of ether oxygens (including phenoxy) is 2. The SMILES string of the molecule is CC(CC(O)c1cc(Cl)c2c(c1)OCCO2)C(=O)O. The second-order valence-electron chi connectivity index (χ2n) is 4.52. The number of fused-ring (bicyclic) bond motifs is 1. The van der Waals surface area contributed by atoms with Crippen molar-refractivity contribution < 1.29 is 24.5 Å². The molecule has 1 aromatic carbocycles. The van der Waals surface area contributed by atoms with Crippen LogP contribution in [0.25, 0.3) is 0 Å². The molecular formula is C13H15ClO5. The van der Waals surface area contributed by atoms with Crippen LogP contribution in [0.5, 0.6) is 11.5 Å². The number of benzene rings is 1. The van der Waals surface area contributed by atoms with E-state index in [0.29, 0.717) is 35.3 Å². The van der Waals surface area contributed by atoms with Gasteiger partial charge in [0.2, 0.25) is 0 Å². The molecule has 2 rings (SSSR count). The molecule has 0 aliphatic carbocycles. The molecule has 1 heterocycles. The molecule has 1 aliphatic heterocycles. The van der Waals surface area contributed by atoms with E-state index in [-0.39, 0.29) is 6.42 Å². The lowest BCUT2D eigenvalue weighted by atomic mass is 9.98. The minimum absolute atomic E-state index is 0.116. The van der Waals surface area contributed by atoms with Crippen molar-refractivity contribution in [3.63, 3.8) is 0 Å². The average Bonchev–Trinajstić information content (AvgIpc) is 2.38. The number of aliphatic hydroxyl groups is 1. The molecule has 2 atom stereocenters. The molecule has 0 spiro atoms. The number of carboxylic acids is 1. The summed E-state index contributed by atoms with van der Waals surface area (Å²) >= 11 is 6.06. The molecule has 0 radical (unpaired) electrons. The van der Waals surface area contributed by atoms with E-state index < -0.39 is 18.0 Å². The number of hydrogen-bond donors (Lipinski definition) is 2. The predicted octanol–water partition coefficient (Wildman–Crippen LogP) is 2.26. The minimum Gasteiger partial charge on any atom is -0.486 e. The first-order valence-corrected chi connectivity index (χ1v) is 6.36. The summed E-state index contributed by atoms with van der Waals surface area (Å²) < 4.78 is 10.8. The van der Waals surface area contributed by atoms with Crippen molar-refractivity contribution in [2.75, 3.05) is 13.2 Å². The molecular weight excluding hydrogens is 272 g/mol. The van der Waals surface area contributed by atoms with Crippen molar-refractivity contribution in [2.24, 2.45) is 5.92 Å². The van der Waals surface area contributed by atoms with Gasteiger partial charge in [-0.3, -0.25) is 4.79 Å². The largest absolute Gasteiger partial charge is 0.486 e. The number of aliphatic hydroxyl groups excluding tert-OH is 1. The fraction of sp³-hybridized carbons (Fsp3) is 0.462. The molecule has 0 saturated heterocycles. The van der Waals surface area contributed by atoms with E-state index in [9.17, 15) is 9.90 Å². The van der Waals surface area contributed by atoms with Crippen molar-refractivity contribution >= 4 is 17.6 Å². The van der Waals surface area contributed by atoms with Crippen LogP contribution in [0.3, 0.4) is 0 Å². The molecule has 1 aromatic rings. The molecule has 0 fully saturated rings. The first-order valence-electron chi connectivity index (χ1n) is 5.99. The van der Waals surface area contributed by atoms with E-state index in [4.69, 9.17) is 26.2 Å². The third-order valence-corrected chi connectivity index (χ3v) is 3.28. The van der Waals surface area contributed by atoms with Crippen LogP contribution in [0.15, 0.2) is 12.1 Å². The van der Waals surface area contributed by atoms with E-state index >= 15 is 0 Å². The second kappa shape index (κ2) is 5.67. The Morgan fingerprint density at radius 3 is 2.79 bits per heavy atom. The molecule has 19 heavy (non-hydrogen) atoms. The monoisotopic (exact) mass is 286 g/mol. The quantitative estimate of drug-likeness (QED) is 0.888. The summed E-state index contributed by atoms with van der Waals surface area (Å²) in [5.74, 6) is -0.629. The van der Waals surface area contributed by atoms with Crippen LogP contribution in [0, 0.1) is 5.92 Å². The predicted molar refractivity (Wildman–Crippen MR) is 68.8 cm³/mol. The average molecular weight is 287 g/mol. The summed E-state index contributed by atoms with van der Waals surface area (Å²) in [6.45, 7) is 2.41. The zero-order valence-electron chi connectivity index (χ0n) is 10.4. The summed E-state index contributed by atoms with van der Waals surface area (Å²) in [6, 6.07) is 3.22. The molecule has 2 N–H and O–H groups in total. The number of carboxylic acid groups (broad SMARTS) is 1. The van der Waals surface area contributed by atoms with Crippen LogP contribution < -0.4 is 9.47 Å². The second-order valence-corrected chi connectivity index (χ2v) is 4.92. The Morgan fingerprint density at radius 1 is 1.42 bits per heavy atom. The van der Waals surface area contributed by atoms with Gasteiger partial charge in [0.25, 0.3) is 0 Å². The van der Waals surface area contributed by atoms with Gasteiger partial charge in [0.15, 0.2) is 11.5 Å². The highest BCUT2D eigenvalue weighted by Gasteiger charge is 2.22. The zero-order valence-corrected chi connectivity index (χ0v) is 11.2. The number of halogens is 1. The van der Waals surface area contributed by atoms with Gasteiger partial charge in [-0.2, -0.15) is 0 Å². The maximum absolute atomic E-state index is 10.8. The Morgan fingerprint density at radius 2 is 2.11 bits per heavy atom. The van der Waals surface area contributed by atoms with Gasteiger partial charge in [-0.05, 0) is 24.1 Å². The van der Waals surface area contributed by atoms with Gasteiger partial charge in [0.05, 0.1) is 17.0 Å². The molecule has 5 nitrogen and oxygen atoms in total. The lowest BCUT2D eigenvalue weighted by Gasteiger charge is -2.22. The Kier molecular flexibility index (Phi) is 4.17. The maximum Gasteiger partial charge on any atom is 0.306 e. The smallest absolute Gasteiger partial charge is 0.306 e. The highest BCUT2D eigenvalue weighted by atomic mass is 35.5. The van der Waals surface area contributed by atoms with E-state index in [1.807, 2.05) is 0 Å². The van der Waals surface area contributed by atoms with Crippen molar-refractivity contribution in [3.05, 3.63) is 22.7 Å². The fourth-order valence-corrected chi connectivity index (χ4v) is 2.17. The summed E-state index contributed by atoms with van der Waals surface area (Å²) in [5.41, 5.74) is 0.530. The Labute approximate surface area is 115 Å². The fourth-order valence-electron chi connectivity index (χ4n) is 1.89. The van der Waals surface area contributed by atoms with Crippen molar-refractivity contribution in [3.8, 4) is 11.5 Å². The lowest BCUT2D eigenvalue weighted by molar-refractivity contribution is -0.142. The van der Waals surface area contributed by atoms with Crippen molar-refractivity contribution in [2.45, 2.75) is 19.4 Å².